The van der Waals surface area contributed by atoms with Gasteiger partial charge in [0.15, 0.2) is 9.84 Å². The van der Waals surface area contributed by atoms with Gasteiger partial charge in [-0.2, -0.15) is 11.8 Å². The van der Waals surface area contributed by atoms with Crippen molar-refractivity contribution in [2.45, 2.75) is 24.3 Å². The molecule has 0 saturated carbocycles. The van der Waals surface area contributed by atoms with E-state index in [1.54, 1.807) is 0 Å². The van der Waals surface area contributed by atoms with Crippen LogP contribution in [0.1, 0.15) is 13.3 Å². The molecular formula is C11H20N2O6S2. The van der Waals surface area contributed by atoms with Gasteiger partial charge in [0.1, 0.15) is 5.37 Å². The van der Waals surface area contributed by atoms with E-state index in [2.05, 4.69) is 5.32 Å². The number of aliphatic hydroxyl groups is 1. The van der Waals surface area contributed by atoms with Crippen LogP contribution in [-0.4, -0.2) is 77.4 Å². The molecule has 0 bridgehead atoms. The van der Waals surface area contributed by atoms with E-state index in [0.29, 0.717) is 11.5 Å². The molecule has 1 saturated heterocycles. The average molecular weight is 340 g/mol. The third-order valence-electron chi connectivity index (χ3n) is 2.99. The number of hydrogen-bond acceptors (Lipinski definition) is 6. The highest BCUT2D eigenvalue weighted by atomic mass is 32.2. The second kappa shape index (κ2) is 6.84. The van der Waals surface area contributed by atoms with Gasteiger partial charge in [0.25, 0.3) is 0 Å². The molecule has 1 fully saturated rings. The van der Waals surface area contributed by atoms with Gasteiger partial charge in [0.05, 0.1) is 12.0 Å². The first-order chi connectivity index (χ1) is 9.53. The Morgan fingerprint density at radius 3 is 2.62 bits per heavy atom. The van der Waals surface area contributed by atoms with Crippen molar-refractivity contribution in [3.63, 3.8) is 0 Å². The van der Waals surface area contributed by atoms with Gasteiger partial charge in [-0.15, -0.1) is 0 Å². The molecule has 8 nitrogen and oxygen atoms in total. The van der Waals surface area contributed by atoms with Gasteiger partial charge in [-0.1, -0.05) is 0 Å². The van der Waals surface area contributed by atoms with Gasteiger partial charge < -0.3 is 20.4 Å². The SMILES string of the molecule is CC(O)(CNC(=O)N1CCSCC1S(C)(=O)=O)CC(=O)O. The van der Waals surface area contributed by atoms with Crippen molar-refractivity contribution in [3.05, 3.63) is 0 Å². The zero-order valence-corrected chi connectivity index (χ0v) is 13.5. The van der Waals surface area contributed by atoms with Gasteiger partial charge >= 0.3 is 12.0 Å². The van der Waals surface area contributed by atoms with Crippen LogP contribution in [-0.2, 0) is 14.6 Å². The van der Waals surface area contributed by atoms with Crippen LogP contribution < -0.4 is 5.32 Å². The van der Waals surface area contributed by atoms with E-state index < -0.39 is 39.2 Å². The summed E-state index contributed by atoms with van der Waals surface area (Å²) in [4.78, 5) is 23.9. The number of nitrogens with zero attached hydrogens (tertiary/aromatic N) is 1. The summed E-state index contributed by atoms with van der Waals surface area (Å²) in [5, 5.41) is 20.0. The molecule has 1 heterocycles. The van der Waals surface area contributed by atoms with Crippen molar-refractivity contribution in [1.29, 1.82) is 0 Å². The predicted molar refractivity (Wildman–Crippen MR) is 78.9 cm³/mol. The number of carbonyl (C=O) groups excluding carboxylic acids is 1. The molecule has 2 unspecified atom stereocenters. The molecule has 1 rings (SSSR count). The van der Waals surface area contributed by atoms with Crippen LogP contribution in [0.15, 0.2) is 0 Å². The van der Waals surface area contributed by atoms with Gasteiger partial charge in [-0.05, 0) is 6.92 Å². The second-order valence-electron chi connectivity index (χ2n) is 5.28. The standard InChI is InChI=1S/C11H20N2O6S2/c1-11(17,5-9(14)15)7-12-10(16)13-3-4-20-6-8(13)21(2,18)19/h8,17H,3-7H2,1-2H3,(H,12,16)(H,14,15). The summed E-state index contributed by atoms with van der Waals surface area (Å²) >= 11 is 1.46. The lowest BCUT2D eigenvalue weighted by atomic mass is 10.0. The Labute approximate surface area is 127 Å². The van der Waals surface area contributed by atoms with E-state index in [1.807, 2.05) is 0 Å². The molecule has 0 aromatic rings. The van der Waals surface area contributed by atoms with Gasteiger partial charge in [0, 0.05) is 30.9 Å². The Bertz CT molecular complexity index is 505. The lowest BCUT2D eigenvalue weighted by molar-refractivity contribution is -0.141. The van der Waals surface area contributed by atoms with E-state index in [1.165, 1.54) is 23.6 Å². The summed E-state index contributed by atoms with van der Waals surface area (Å²) in [6, 6.07) is -0.614. The quantitative estimate of drug-likeness (QED) is 0.607. The summed E-state index contributed by atoms with van der Waals surface area (Å²) in [6.45, 7) is 1.31. The number of nitrogens with one attached hydrogen (secondary N) is 1. The van der Waals surface area contributed by atoms with Gasteiger partial charge in [-0.3, -0.25) is 4.79 Å². The molecule has 10 heteroatoms. The van der Waals surface area contributed by atoms with E-state index in [0.717, 1.165) is 6.26 Å². The second-order valence-corrected chi connectivity index (χ2v) is 8.63. The van der Waals surface area contributed by atoms with Crippen LogP contribution in [0.2, 0.25) is 0 Å². The highest BCUT2D eigenvalue weighted by Crippen LogP contribution is 2.20. The minimum absolute atomic E-state index is 0.266. The summed E-state index contributed by atoms with van der Waals surface area (Å²) in [5.41, 5.74) is -1.59. The number of amides is 2. The molecule has 0 aromatic carbocycles. The minimum Gasteiger partial charge on any atom is -0.481 e. The third-order valence-corrected chi connectivity index (χ3v) is 5.64. The third kappa shape index (κ3) is 5.71. The molecule has 0 spiro atoms. The van der Waals surface area contributed by atoms with Crippen molar-refractivity contribution in [3.8, 4) is 0 Å². The Morgan fingerprint density at radius 2 is 2.10 bits per heavy atom. The Kier molecular flexibility index (Phi) is 5.88. The summed E-state index contributed by atoms with van der Waals surface area (Å²) in [6.07, 6.45) is 0.559. The fraction of sp³-hybridized carbons (Fsp3) is 0.818. The number of sulfone groups is 1. The average Bonchev–Trinajstić information content (AvgIpc) is 2.33. The molecular weight excluding hydrogens is 320 g/mol. The Hall–Kier alpha value is -1.00. The summed E-state index contributed by atoms with van der Waals surface area (Å²) in [7, 11) is -3.41. The molecule has 0 aliphatic carbocycles. The highest BCUT2D eigenvalue weighted by molar-refractivity contribution is 8.00. The maximum atomic E-state index is 12.1. The first-order valence-corrected chi connectivity index (χ1v) is 9.39. The monoisotopic (exact) mass is 340 g/mol. The molecule has 2 amide bonds. The van der Waals surface area contributed by atoms with Crippen molar-refractivity contribution < 1.29 is 28.2 Å². The van der Waals surface area contributed by atoms with Crippen LogP contribution in [0.5, 0.6) is 0 Å². The van der Waals surface area contributed by atoms with Gasteiger partial charge in [-0.25, -0.2) is 13.2 Å². The molecule has 3 N–H and O–H groups in total. The first-order valence-electron chi connectivity index (χ1n) is 6.28. The van der Waals surface area contributed by atoms with Crippen LogP contribution in [0.3, 0.4) is 0 Å². The predicted octanol–water partition coefficient (Wildman–Crippen LogP) is -0.659. The lowest BCUT2D eigenvalue weighted by Crippen LogP contribution is -2.55. The normalized spacial score (nSPS) is 22.4. The van der Waals surface area contributed by atoms with Crippen LogP contribution in [0.25, 0.3) is 0 Å². The number of rotatable bonds is 5. The lowest BCUT2D eigenvalue weighted by Gasteiger charge is -2.34. The Balaban J connectivity index is 2.67. The summed E-state index contributed by atoms with van der Waals surface area (Å²) in [5.74, 6) is -0.249. The fourth-order valence-corrected chi connectivity index (χ4v) is 4.74. The van der Waals surface area contributed by atoms with E-state index in [-0.39, 0.29) is 13.1 Å². The number of thioether (sulfide) groups is 1. The minimum atomic E-state index is -3.41. The number of aliphatic carboxylic acids is 1. The number of carboxylic acid groups (broad SMARTS) is 1. The van der Waals surface area contributed by atoms with Crippen LogP contribution in [0.4, 0.5) is 4.79 Å². The molecule has 2 atom stereocenters. The highest BCUT2D eigenvalue weighted by Gasteiger charge is 2.35. The van der Waals surface area contributed by atoms with Gasteiger partial charge in [0.2, 0.25) is 0 Å². The topological polar surface area (TPSA) is 124 Å². The van der Waals surface area contributed by atoms with E-state index in [4.69, 9.17) is 5.11 Å². The molecule has 0 radical (unpaired) electrons. The molecule has 1 aliphatic heterocycles. The number of carbonyl (C=O) groups is 2. The Morgan fingerprint density at radius 1 is 1.48 bits per heavy atom. The van der Waals surface area contributed by atoms with E-state index >= 15 is 0 Å². The van der Waals surface area contributed by atoms with Crippen molar-refractivity contribution in [1.82, 2.24) is 10.2 Å². The zero-order chi connectivity index (χ0) is 16.3. The molecule has 21 heavy (non-hydrogen) atoms. The maximum Gasteiger partial charge on any atom is 0.318 e. The number of hydrogen-bond donors (Lipinski definition) is 3. The number of urea groups is 1. The smallest absolute Gasteiger partial charge is 0.318 e. The van der Waals surface area contributed by atoms with E-state index in [9.17, 15) is 23.1 Å². The van der Waals surface area contributed by atoms with Crippen molar-refractivity contribution in [2.24, 2.45) is 0 Å². The van der Waals surface area contributed by atoms with Crippen molar-refractivity contribution >= 4 is 33.6 Å². The molecule has 0 aromatic heterocycles. The molecule has 1 aliphatic rings. The van der Waals surface area contributed by atoms with Crippen LogP contribution >= 0.6 is 11.8 Å². The van der Waals surface area contributed by atoms with Crippen LogP contribution in [0, 0.1) is 0 Å². The van der Waals surface area contributed by atoms with Crippen molar-refractivity contribution in [2.75, 3.05) is 30.9 Å². The summed E-state index contributed by atoms with van der Waals surface area (Å²) < 4.78 is 23.4. The fourth-order valence-electron chi connectivity index (χ4n) is 1.92. The first kappa shape index (κ1) is 18.1. The zero-order valence-electron chi connectivity index (χ0n) is 11.9. The maximum absolute atomic E-state index is 12.1. The number of carboxylic acids is 1. The largest absolute Gasteiger partial charge is 0.481 e. The molecule has 122 valence electrons.